The van der Waals surface area contributed by atoms with Gasteiger partial charge in [-0.05, 0) is 48.4 Å². The van der Waals surface area contributed by atoms with Crippen LogP contribution in [0.15, 0.2) is 48.5 Å². The number of carboxylic acid groups (broad SMARTS) is 1. The first-order chi connectivity index (χ1) is 16.9. The van der Waals surface area contributed by atoms with Crippen LogP contribution in [-0.2, 0) is 9.53 Å². The van der Waals surface area contributed by atoms with Crippen LogP contribution in [0, 0.1) is 6.92 Å². The molecule has 9 heteroatoms. The number of thiazole rings is 1. The van der Waals surface area contributed by atoms with Gasteiger partial charge in [-0.25, -0.2) is 14.6 Å². The van der Waals surface area contributed by atoms with Crippen molar-refractivity contribution in [3.8, 4) is 11.1 Å². The van der Waals surface area contributed by atoms with Gasteiger partial charge in [-0.1, -0.05) is 59.9 Å². The molecule has 3 aromatic rings. The van der Waals surface area contributed by atoms with Gasteiger partial charge in [-0.2, -0.15) is 0 Å². The second-order valence-electron chi connectivity index (χ2n) is 8.73. The lowest BCUT2D eigenvalue weighted by molar-refractivity contribution is -0.143. The van der Waals surface area contributed by atoms with Gasteiger partial charge in [0.05, 0.1) is 5.69 Å². The molecule has 0 bridgehead atoms. The van der Waals surface area contributed by atoms with Crippen molar-refractivity contribution in [2.45, 2.75) is 38.1 Å². The molecule has 2 amide bonds. The fraction of sp³-hybridized carbons (Fsp3) is 0.308. The Morgan fingerprint density at radius 2 is 1.74 bits per heavy atom. The average Bonchev–Trinajstić information content (AvgIpc) is 3.39. The highest BCUT2D eigenvalue weighted by atomic mass is 32.1. The van der Waals surface area contributed by atoms with Crippen LogP contribution in [0.4, 0.5) is 9.93 Å². The molecular formula is C26H25N3O5S. The molecule has 2 aliphatic rings. The highest BCUT2D eigenvalue weighted by molar-refractivity contribution is 7.17. The molecule has 2 heterocycles. The number of carbonyl (C=O) groups excluding carboxylic acids is 2. The topological polar surface area (TPSA) is 109 Å². The van der Waals surface area contributed by atoms with Crippen molar-refractivity contribution < 1.29 is 24.2 Å². The summed E-state index contributed by atoms with van der Waals surface area (Å²) in [6.45, 7) is 2.23. The van der Waals surface area contributed by atoms with Crippen LogP contribution >= 0.6 is 11.3 Å². The van der Waals surface area contributed by atoms with Crippen LogP contribution in [0.2, 0.25) is 0 Å². The Bertz CT molecular complexity index is 1260. The number of benzene rings is 2. The Balaban J connectivity index is 1.26. The number of amides is 2. The molecule has 2 aromatic carbocycles. The number of carboxylic acids is 1. The Labute approximate surface area is 206 Å². The van der Waals surface area contributed by atoms with Crippen molar-refractivity contribution in [2.24, 2.45) is 0 Å². The second kappa shape index (κ2) is 9.50. The summed E-state index contributed by atoms with van der Waals surface area (Å²) in [7, 11) is 0. The van der Waals surface area contributed by atoms with Crippen molar-refractivity contribution in [1.29, 1.82) is 0 Å². The molecule has 8 nitrogen and oxygen atoms in total. The molecule has 1 aliphatic carbocycles. The van der Waals surface area contributed by atoms with Crippen LogP contribution in [0.5, 0.6) is 0 Å². The maximum absolute atomic E-state index is 13.1. The lowest BCUT2D eigenvalue weighted by atomic mass is 9.98. The number of aromatic nitrogens is 1. The van der Waals surface area contributed by atoms with Gasteiger partial charge in [-0.15, -0.1) is 0 Å². The number of ether oxygens (including phenoxy) is 1. The number of aryl methyl sites for hydroxylation is 1. The van der Waals surface area contributed by atoms with E-state index in [2.05, 4.69) is 22.4 Å². The average molecular weight is 492 g/mol. The van der Waals surface area contributed by atoms with Crippen molar-refractivity contribution in [3.63, 3.8) is 0 Å². The maximum Gasteiger partial charge on any atom is 0.413 e. The first kappa shape index (κ1) is 23.0. The standard InChI is InChI=1S/C26H25N3O5S/c1-15-22(23(30)29-13-7-6-12-21(29)24(31)32)35-25(27-15)28-26(33)34-14-20-18-10-4-2-8-16(18)17-9-3-5-11-19(17)20/h2-5,8-11,20-21H,6-7,12-14H2,1H3,(H,31,32)(H,27,28,33)/t21-/m0/s1. The van der Waals surface area contributed by atoms with Crippen molar-refractivity contribution in [1.82, 2.24) is 9.88 Å². The van der Waals surface area contributed by atoms with Crippen molar-refractivity contribution in [2.75, 3.05) is 18.5 Å². The monoisotopic (exact) mass is 491 g/mol. The maximum atomic E-state index is 13.1. The third-order valence-corrected chi connectivity index (χ3v) is 7.65. The Morgan fingerprint density at radius 3 is 2.40 bits per heavy atom. The summed E-state index contributed by atoms with van der Waals surface area (Å²) in [6.07, 6.45) is 1.32. The number of rotatable bonds is 5. The highest BCUT2D eigenvalue weighted by Gasteiger charge is 2.34. The zero-order chi connectivity index (χ0) is 24.5. The van der Waals surface area contributed by atoms with E-state index in [1.165, 1.54) is 4.90 Å². The van der Waals surface area contributed by atoms with E-state index in [0.717, 1.165) is 46.4 Å². The summed E-state index contributed by atoms with van der Waals surface area (Å²) >= 11 is 1.03. The SMILES string of the molecule is Cc1nc(NC(=O)OCC2c3ccccc3-c3ccccc32)sc1C(=O)N1CCCC[C@H]1C(=O)O. The van der Waals surface area contributed by atoms with Crippen LogP contribution in [-0.4, -0.2) is 52.2 Å². The number of likely N-dealkylation sites (tertiary alicyclic amines) is 1. The van der Waals surface area contributed by atoms with Gasteiger partial charge >= 0.3 is 12.1 Å². The van der Waals surface area contributed by atoms with Crippen LogP contribution in [0.25, 0.3) is 11.1 Å². The molecule has 0 radical (unpaired) electrons. The minimum absolute atomic E-state index is 0.0598. The lowest BCUT2D eigenvalue weighted by Crippen LogP contribution is -2.47. The van der Waals surface area contributed by atoms with E-state index in [-0.39, 0.29) is 23.6 Å². The molecule has 0 spiro atoms. The molecule has 1 aliphatic heterocycles. The first-order valence-corrected chi connectivity index (χ1v) is 12.4. The number of nitrogens with one attached hydrogen (secondary N) is 1. The summed E-state index contributed by atoms with van der Waals surface area (Å²) < 4.78 is 5.56. The van der Waals surface area contributed by atoms with E-state index in [1.807, 2.05) is 36.4 Å². The Hall–Kier alpha value is -3.72. The van der Waals surface area contributed by atoms with Gasteiger partial charge in [0.2, 0.25) is 0 Å². The van der Waals surface area contributed by atoms with Gasteiger partial charge in [0, 0.05) is 12.5 Å². The third-order valence-electron chi connectivity index (χ3n) is 6.59. The minimum Gasteiger partial charge on any atom is -0.480 e. The molecule has 1 fully saturated rings. The molecule has 2 N–H and O–H groups in total. The molecule has 1 saturated heterocycles. The molecule has 0 saturated carbocycles. The number of carbonyl (C=O) groups is 3. The molecule has 35 heavy (non-hydrogen) atoms. The van der Waals surface area contributed by atoms with Crippen LogP contribution < -0.4 is 5.32 Å². The van der Waals surface area contributed by atoms with Crippen molar-refractivity contribution in [3.05, 3.63) is 70.2 Å². The number of aliphatic carboxylic acids is 1. The fourth-order valence-corrected chi connectivity index (χ4v) is 5.84. The van der Waals surface area contributed by atoms with E-state index >= 15 is 0 Å². The zero-order valence-corrected chi connectivity index (χ0v) is 20.0. The predicted octanol–water partition coefficient (Wildman–Crippen LogP) is 4.89. The molecule has 0 unspecified atom stereocenters. The number of piperidine rings is 1. The van der Waals surface area contributed by atoms with Crippen molar-refractivity contribution >= 4 is 34.4 Å². The van der Waals surface area contributed by atoms with E-state index in [1.54, 1.807) is 6.92 Å². The van der Waals surface area contributed by atoms with Gasteiger partial charge in [-0.3, -0.25) is 10.1 Å². The molecule has 1 atom stereocenters. The fourth-order valence-electron chi connectivity index (χ4n) is 4.93. The van der Waals surface area contributed by atoms with E-state index in [4.69, 9.17) is 4.74 Å². The van der Waals surface area contributed by atoms with Crippen LogP contribution in [0.3, 0.4) is 0 Å². The largest absolute Gasteiger partial charge is 0.480 e. The van der Waals surface area contributed by atoms with Gasteiger partial charge in [0.1, 0.15) is 17.5 Å². The number of hydrogen-bond donors (Lipinski definition) is 2. The first-order valence-electron chi connectivity index (χ1n) is 11.6. The quantitative estimate of drug-likeness (QED) is 0.526. The van der Waals surface area contributed by atoms with Crippen LogP contribution in [0.1, 0.15) is 51.7 Å². The predicted molar refractivity (Wildman–Crippen MR) is 132 cm³/mol. The summed E-state index contributed by atoms with van der Waals surface area (Å²) in [4.78, 5) is 43.3. The number of hydrogen-bond acceptors (Lipinski definition) is 6. The van der Waals surface area contributed by atoms with Gasteiger partial charge in [0.25, 0.3) is 5.91 Å². The number of anilines is 1. The summed E-state index contributed by atoms with van der Waals surface area (Å²) in [5.74, 6) is -1.43. The second-order valence-corrected chi connectivity index (χ2v) is 9.73. The Morgan fingerprint density at radius 1 is 1.09 bits per heavy atom. The highest BCUT2D eigenvalue weighted by Crippen LogP contribution is 2.44. The summed E-state index contributed by atoms with van der Waals surface area (Å²) in [6, 6.07) is 15.4. The summed E-state index contributed by atoms with van der Waals surface area (Å²) in [5.41, 5.74) is 4.98. The zero-order valence-electron chi connectivity index (χ0n) is 19.2. The third kappa shape index (κ3) is 4.39. The smallest absolute Gasteiger partial charge is 0.413 e. The Kier molecular flexibility index (Phi) is 6.25. The van der Waals surface area contributed by atoms with E-state index < -0.39 is 18.1 Å². The molecule has 1 aromatic heterocycles. The molecular weight excluding hydrogens is 466 g/mol. The summed E-state index contributed by atoms with van der Waals surface area (Å²) in [5, 5.41) is 12.4. The van der Waals surface area contributed by atoms with Gasteiger partial charge < -0.3 is 14.7 Å². The minimum atomic E-state index is -1.00. The van der Waals surface area contributed by atoms with Gasteiger partial charge in [0.15, 0.2) is 5.13 Å². The normalized spacial score (nSPS) is 16.9. The lowest BCUT2D eigenvalue weighted by Gasteiger charge is -2.32. The number of fused-ring (bicyclic) bond motifs is 3. The molecule has 180 valence electrons. The number of nitrogens with zero attached hydrogens (tertiary/aromatic N) is 2. The molecule has 5 rings (SSSR count). The van der Waals surface area contributed by atoms with E-state index in [9.17, 15) is 19.5 Å². The van der Waals surface area contributed by atoms with E-state index in [0.29, 0.717) is 23.5 Å².